The monoisotopic (exact) mass is 254 g/mol. The number of hydrogen-bond donors (Lipinski definition) is 2. The summed E-state index contributed by atoms with van der Waals surface area (Å²) in [5, 5.41) is 12.8. The third kappa shape index (κ3) is 4.52. The molecule has 0 aliphatic heterocycles. The van der Waals surface area contributed by atoms with Crippen molar-refractivity contribution in [2.45, 2.75) is 57.4 Å². The van der Waals surface area contributed by atoms with Crippen molar-refractivity contribution < 1.29 is 5.11 Å². The molecule has 0 aromatic rings. The predicted molar refractivity (Wildman–Crippen MR) is 75.7 cm³/mol. The van der Waals surface area contributed by atoms with Crippen LogP contribution in [0.15, 0.2) is 0 Å². The molecule has 0 spiro atoms. The van der Waals surface area contributed by atoms with E-state index < -0.39 is 0 Å². The van der Waals surface area contributed by atoms with Crippen molar-refractivity contribution in [3.8, 4) is 0 Å². The fourth-order valence-corrected chi connectivity index (χ4v) is 3.34. The summed E-state index contributed by atoms with van der Waals surface area (Å²) in [7, 11) is 2.15. The molecule has 2 rings (SSSR count). The van der Waals surface area contributed by atoms with Crippen LogP contribution in [0.2, 0.25) is 0 Å². The van der Waals surface area contributed by atoms with E-state index >= 15 is 0 Å². The van der Waals surface area contributed by atoms with Gasteiger partial charge in [0.15, 0.2) is 0 Å². The zero-order valence-corrected chi connectivity index (χ0v) is 12.0. The molecule has 0 heterocycles. The number of nitrogens with one attached hydrogen (secondary N) is 1. The lowest BCUT2D eigenvalue weighted by molar-refractivity contribution is 0.127. The number of aliphatic hydroxyl groups is 1. The maximum absolute atomic E-state index is 9.08. The quantitative estimate of drug-likeness (QED) is 0.682. The molecule has 3 nitrogen and oxygen atoms in total. The zero-order valence-electron chi connectivity index (χ0n) is 12.0. The molecular weight excluding hydrogens is 224 g/mol. The van der Waals surface area contributed by atoms with Crippen LogP contribution in [0.4, 0.5) is 0 Å². The molecule has 0 saturated heterocycles. The van der Waals surface area contributed by atoms with Gasteiger partial charge < -0.3 is 15.3 Å². The summed E-state index contributed by atoms with van der Waals surface area (Å²) in [6.45, 7) is 3.43. The van der Waals surface area contributed by atoms with Crippen molar-refractivity contribution >= 4 is 0 Å². The van der Waals surface area contributed by atoms with E-state index in [2.05, 4.69) is 17.3 Å². The molecule has 0 aromatic carbocycles. The maximum Gasteiger partial charge on any atom is 0.0558 e. The van der Waals surface area contributed by atoms with Gasteiger partial charge in [0.1, 0.15) is 0 Å². The number of aliphatic hydroxyl groups excluding tert-OH is 1. The first-order chi connectivity index (χ1) is 8.74. The first-order valence-electron chi connectivity index (χ1n) is 7.77. The molecule has 0 bridgehead atoms. The Labute approximate surface area is 112 Å². The average Bonchev–Trinajstić information content (AvgIpc) is 3.14. The summed E-state index contributed by atoms with van der Waals surface area (Å²) < 4.78 is 0. The van der Waals surface area contributed by atoms with Crippen molar-refractivity contribution in [1.82, 2.24) is 10.2 Å². The summed E-state index contributed by atoms with van der Waals surface area (Å²) in [5.41, 5.74) is 0.461. The Kier molecular flexibility index (Phi) is 5.46. The highest BCUT2D eigenvalue weighted by molar-refractivity contribution is 4.90. The van der Waals surface area contributed by atoms with Gasteiger partial charge in [-0.05, 0) is 38.1 Å². The Hall–Kier alpha value is -0.120. The molecule has 0 atom stereocenters. The van der Waals surface area contributed by atoms with Crippen LogP contribution in [-0.2, 0) is 0 Å². The van der Waals surface area contributed by atoms with E-state index in [-0.39, 0.29) is 6.61 Å². The summed E-state index contributed by atoms with van der Waals surface area (Å²) >= 11 is 0. The Morgan fingerprint density at radius 1 is 1.17 bits per heavy atom. The molecule has 0 radical (unpaired) electrons. The lowest BCUT2D eigenvalue weighted by Gasteiger charge is -2.37. The van der Waals surface area contributed by atoms with Gasteiger partial charge in [0.2, 0.25) is 0 Å². The van der Waals surface area contributed by atoms with Crippen molar-refractivity contribution in [1.29, 1.82) is 0 Å². The number of nitrogens with zero attached hydrogens (tertiary/aromatic N) is 1. The second-order valence-electron chi connectivity index (χ2n) is 6.53. The van der Waals surface area contributed by atoms with Gasteiger partial charge in [-0.2, -0.15) is 0 Å². The Balaban J connectivity index is 1.89. The second-order valence-corrected chi connectivity index (χ2v) is 6.53. The minimum atomic E-state index is 0.280. The summed E-state index contributed by atoms with van der Waals surface area (Å²) in [6, 6.07) is 0.813. The molecule has 2 aliphatic rings. The molecule has 2 N–H and O–H groups in total. The summed E-state index contributed by atoms with van der Waals surface area (Å²) in [4.78, 5) is 2.32. The van der Waals surface area contributed by atoms with E-state index in [4.69, 9.17) is 5.11 Å². The van der Waals surface area contributed by atoms with E-state index in [1.807, 2.05) is 0 Å². The third-order valence-electron chi connectivity index (χ3n) is 4.59. The fraction of sp³-hybridized carbons (Fsp3) is 1.00. The Morgan fingerprint density at radius 2 is 1.83 bits per heavy atom. The van der Waals surface area contributed by atoms with Crippen LogP contribution in [0, 0.1) is 5.41 Å². The van der Waals surface area contributed by atoms with Crippen molar-refractivity contribution in [2.75, 3.05) is 33.3 Å². The lowest BCUT2D eigenvalue weighted by Crippen LogP contribution is -2.44. The molecule has 3 heteroatoms. The molecule has 0 amide bonds. The topological polar surface area (TPSA) is 35.5 Å². The van der Waals surface area contributed by atoms with E-state index in [1.54, 1.807) is 0 Å². The Morgan fingerprint density at radius 3 is 2.39 bits per heavy atom. The molecule has 2 saturated carbocycles. The smallest absolute Gasteiger partial charge is 0.0558 e. The van der Waals surface area contributed by atoms with Gasteiger partial charge in [0.25, 0.3) is 0 Å². The fourth-order valence-electron chi connectivity index (χ4n) is 3.34. The van der Waals surface area contributed by atoms with Crippen LogP contribution in [0.5, 0.6) is 0 Å². The van der Waals surface area contributed by atoms with Crippen LogP contribution < -0.4 is 5.32 Å². The van der Waals surface area contributed by atoms with E-state index in [0.717, 1.165) is 19.1 Å². The molecule has 0 unspecified atom stereocenters. The second kappa shape index (κ2) is 6.88. The van der Waals surface area contributed by atoms with Crippen LogP contribution in [0.3, 0.4) is 0 Å². The first-order valence-corrected chi connectivity index (χ1v) is 7.77. The highest BCUT2D eigenvalue weighted by Gasteiger charge is 2.34. The van der Waals surface area contributed by atoms with Gasteiger partial charge in [-0.15, -0.1) is 0 Å². The van der Waals surface area contributed by atoms with Gasteiger partial charge in [0.05, 0.1) is 6.61 Å². The number of hydrogen-bond acceptors (Lipinski definition) is 3. The van der Waals surface area contributed by atoms with Gasteiger partial charge in [0, 0.05) is 25.7 Å². The highest BCUT2D eigenvalue weighted by Crippen LogP contribution is 2.36. The molecule has 18 heavy (non-hydrogen) atoms. The number of rotatable bonds is 7. The zero-order chi connectivity index (χ0) is 12.8. The lowest BCUT2D eigenvalue weighted by atomic mass is 9.79. The Bertz CT molecular complexity index is 233. The third-order valence-corrected chi connectivity index (χ3v) is 4.59. The van der Waals surface area contributed by atoms with E-state index in [1.165, 1.54) is 57.9 Å². The average molecular weight is 254 g/mol. The van der Waals surface area contributed by atoms with Crippen molar-refractivity contribution in [3.63, 3.8) is 0 Å². The van der Waals surface area contributed by atoms with E-state index in [9.17, 15) is 0 Å². The predicted octanol–water partition coefficient (Wildman–Crippen LogP) is 2.00. The van der Waals surface area contributed by atoms with Crippen LogP contribution in [-0.4, -0.2) is 49.3 Å². The SMILES string of the molecule is CN(CCO)CC1(CNC2CC2)CCCCCC1. The number of likely N-dealkylation sites (N-methyl/N-ethyl adjacent to an activating group) is 1. The van der Waals surface area contributed by atoms with Gasteiger partial charge >= 0.3 is 0 Å². The van der Waals surface area contributed by atoms with Gasteiger partial charge in [-0.1, -0.05) is 25.7 Å². The molecular formula is C15H30N2O. The van der Waals surface area contributed by atoms with E-state index in [0.29, 0.717) is 5.41 Å². The first kappa shape index (κ1) is 14.3. The van der Waals surface area contributed by atoms with Crippen LogP contribution >= 0.6 is 0 Å². The summed E-state index contributed by atoms with van der Waals surface area (Å²) in [5.74, 6) is 0. The van der Waals surface area contributed by atoms with Crippen LogP contribution in [0.1, 0.15) is 51.4 Å². The highest BCUT2D eigenvalue weighted by atomic mass is 16.3. The largest absolute Gasteiger partial charge is 0.395 e. The summed E-state index contributed by atoms with van der Waals surface area (Å²) in [6.07, 6.45) is 11.1. The molecule has 0 aromatic heterocycles. The normalized spacial score (nSPS) is 24.2. The molecule has 2 fully saturated rings. The molecule has 106 valence electrons. The van der Waals surface area contributed by atoms with Crippen molar-refractivity contribution in [3.05, 3.63) is 0 Å². The minimum absolute atomic E-state index is 0.280. The maximum atomic E-state index is 9.08. The van der Waals surface area contributed by atoms with Crippen molar-refractivity contribution in [2.24, 2.45) is 5.41 Å². The van der Waals surface area contributed by atoms with Gasteiger partial charge in [-0.3, -0.25) is 0 Å². The van der Waals surface area contributed by atoms with Crippen LogP contribution in [0.25, 0.3) is 0 Å². The molecule has 2 aliphatic carbocycles. The standard InChI is InChI=1S/C15H30N2O/c1-17(10-11-18)13-15(12-16-14-6-7-14)8-4-2-3-5-9-15/h14,16,18H,2-13H2,1H3. The van der Waals surface area contributed by atoms with Gasteiger partial charge in [-0.25, -0.2) is 0 Å². The minimum Gasteiger partial charge on any atom is -0.395 e.